The summed E-state index contributed by atoms with van der Waals surface area (Å²) in [4.78, 5) is 12.4. The Morgan fingerprint density at radius 2 is 2.00 bits per heavy atom. The van der Waals surface area contributed by atoms with Crippen LogP contribution in [0.5, 0.6) is 0 Å². The van der Waals surface area contributed by atoms with Gasteiger partial charge in [-0.1, -0.05) is 30.3 Å². The Balaban J connectivity index is 2.63. The van der Waals surface area contributed by atoms with E-state index in [-0.39, 0.29) is 6.61 Å². The minimum Gasteiger partial charge on any atom is -0.465 e. The Bertz CT molecular complexity index is 474. The summed E-state index contributed by atoms with van der Waals surface area (Å²) in [6, 6.07) is 10.7. The van der Waals surface area contributed by atoms with E-state index in [2.05, 4.69) is 0 Å². The summed E-state index contributed by atoms with van der Waals surface area (Å²) >= 11 is 0. The Hall–Kier alpha value is -2.06. The number of amides is 1. The number of carbonyl (C=O) groups is 1. The zero-order valence-corrected chi connectivity index (χ0v) is 12.0. The molecule has 0 heterocycles. The van der Waals surface area contributed by atoms with Gasteiger partial charge in [-0.15, -0.1) is 0 Å². The van der Waals surface area contributed by atoms with E-state index in [4.69, 9.17) is 4.74 Å². The van der Waals surface area contributed by atoms with Gasteiger partial charge >= 0.3 is 6.09 Å². The molecule has 0 aliphatic heterocycles. The van der Waals surface area contributed by atoms with E-state index in [1.165, 1.54) is 0 Å². The monoisotopic (exact) mass is 276 g/mol. The van der Waals surface area contributed by atoms with Crippen LogP contribution in [-0.4, -0.2) is 34.3 Å². The lowest BCUT2D eigenvalue weighted by atomic mass is 10.0. The molecule has 108 valence electrons. The number of rotatable bonds is 5. The van der Waals surface area contributed by atoms with Gasteiger partial charge in [0.1, 0.15) is 6.04 Å². The third-order valence-electron chi connectivity index (χ3n) is 2.78. The Morgan fingerprint density at radius 3 is 2.45 bits per heavy atom. The Labute approximate surface area is 119 Å². The van der Waals surface area contributed by atoms with Gasteiger partial charge in [-0.2, -0.15) is 5.26 Å². The van der Waals surface area contributed by atoms with Crippen molar-refractivity contribution in [3.05, 3.63) is 35.9 Å². The molecule has 0 aliphatic rings. The number of nitrogens with zero attached hydrogens (tertiary/aromatic N) is 2. The minimum atomic E-state index is -1.12. The SMILES string of the molecule is CC(C)(C)N(C(=O)O)C(C#N)COCc1ccccc1. The molecule has 5 heteroatoms. The Kier molecular flexibility index (Phi) is 5.53. The van der Waals surface area contributed by atoms with Crippen LogP contribution in [0.25, 0.3) is 0 Å². The average molecular weight is 276 g/mol. The highest BCUT2D eigenvalue weighted by Gasteiger charge is 2.33. The summed E-state index contributed by atoms with van der Waals surface area (Å²) < 4.78 is 5.47. The van der Waals surface area contributed by atoms with Crippen molar-refractivity contribution in [1.29, 1.82) is 5.26 Å². The van der Waals surface area contributed by atoms with Crippen LogP contribution in [0.3, 0.4) is 0 Å². The van der Waals surface area contributed by atoms with Crippen molar-refractivity contribution >= 4 is 6.09 Å². The third kappa shape index (κ3) is 4.56. The molecule has 0 bridgehead atoms. The molecule has 0 aromatic heterocycles. The molecular formula is C15H20N2O3. The summed E-state index contributed by atoms with van der Waals surface area (Å²) in [5.41, 5.74) is 0.337. The summed E-state index contributed by atoms with van der Waals surface area (Å²) in [6.07, 6.45) is -1.12. The minimum absolute atomic E-state index is 0.0506. The molecule has 1 rings (SSSR count). The topological polar surface area (TPSA) is 73.6 Å². The molecule has 1 atom stereocenters. The lowest BCUT2D eigenvalue weighted by Gasteiger charge is -2.36. The first-order valence-corrected chi connectivity index (χ1v) is 6.40. The van der Waals surface area contributed by atoms with E-state index in [1.54, 1.807) is 20.8 Å². The molecule has 1 N–H and O–H groups in total. The van der Waals surface area contributed by atoms with Crippen LogP contribution in [0, 0.1) is 11.3 Å². The van der Waals surface area contributed by atoms with Gasteiger partial charge < -0.3 is 9.84 Å². The van der Waals surface area contributed by atoms with Crippen LogP contribution in [-0.2, 0) is 11.3 Å². The summed E-state index contributed by atoms with van der Waals surface area (Å²) in [6.45, 7) is 5.67. The van der Waals surface area contributed by atoms with Gasteiger partial charge in [-0.25, -0.2) is 4.79 Å². The predicted octanol–water partition coefficient (Wildman–Crippen LogP) is 2.87. The van der Waals surface area contributed by atoms with Crippen LogP contribution < -0.4 is 0 Å². The molecule has 1 amide bonds. The first kappa shape index (κ1) is 16.0. The average Bonchev–Trinajstić information content (AvgIpc) is 2.36. The van der Waals surface area contributed by atoms with Crippen molar-refractivity contribution in [2.45, 2.75) is 39.0 Å². The highest BCUT2D eigenvalue weighted by Crippen LogP contribution is 2.17. The van der Waals surface area contributed by atoms with Gasteiger partial charge in [0.15, 0.2) is 0 Å². The molecule has 1 aromatic carbocycles. The molecule has 1 unspecified atom stereocenters. The number of carboxylic acid groups (broad SMARTS) is 1. The van der Waals surface area contributed by atoms with E-state index >= 15 is 0 Å². The predicted molar refractivity (Wildman–Crippen MR) is 75.1 cm³/mol. The second-order valence-electron chi connectivity index (χ2n) is 5.47. The number of nitriles is 1. The molecule has 0 spiro atoms. The first-order valence-electron chi connectivity index (χ1n) is 6.40. The molecule has 20 heavy (non-hydrogen) atoms. The zero-order chi connectivity index (χ0) is 15.2. The maximum atomic E-state index is 11.3. The molecule has 0 aliphatic carbocycles. The second-order valence-corrected chi connectivity index (χ2v) is 5.47. The van der Waals surface area contributed by atoms with Gasteiger partial charge in [-0.05, 0) is 26.3 Å². The third-order valence-corrected chi connectivity index (χ3v) is 2.78. The second kappa shape index (κ2) is 6.92. The number of hydrogen-bond acceptors (Lipinski definition) is 3. The van der Waals surface area contributed by atoms with Crippen LogP contribution in [0.15, 0.2) is 30.3 Å². The van der Waals surface area contributed by atoms with Crippen molar-refractivity contribution in [3.8, 4) is 6.07 Å². The van der Waals surface area contributed by atoms with E-state index in [1.807, 2.05) is 36.4 Å². The van der Waals surface area contributed by atoms with Crippen LogP contribution >= 0.6 is 0 Å². The lowest BCUT2D eigenvalue weighted by Crippen LogP contribution is -2.52. The smallest absolute Gasteiger partial charge is 0.408 e. The molecule has 0 fully saturated rings. The molecule has 0 saturated heterocycles. The van der Waals surface area contributed by atoms with Crippen LogP contribution in [0.1, 0.15) is 26.3 Å². The molecule has 5 nitrogen and oxygen atoms in total. The van der Waals surface area contributed by atoms with E-state index in [0.29, 0.717) is 6.61 Å². The standard InChI is InChI=1S/C15H20N2O3/c1-15(2,3)17(14(18)19)13(9-16)11-20-10-12-7-5-4-6-8-12/h4-8,13H,10-11H2,1-3H3,(H,18,19). The van der Waals surface area contributed by atoms with Crippen molar-refractivity contribution in [1.82, 2.24) is 4.90 Å². The normalized spacial score (nSPS) is 12.5. The maximum Gasteiger partial charge on any atom is 0.408 e. The number of benzene rings is 1. The van der Waals surface area contributed by atoms with Gasteiger partial charge in [0, 0.05) is 5.54 Å². The number of hydrogen-bond donors (Lipinski definition) is 1. The van der Waals surface area contributed by atoms with Gasteiger partial charge in [-0.3, -0.25) is 4.90 Å². The van der Waals surface area contributed by atoms with E-state index < -0.39 is 17.7 Å². The van der Waals surface area contributed by atoms with E-state index in [9.17, 15) is 15.2 Å². The first-order chi connectivity index (χ1) is 9.36. The van der Waals surface area contributed by atoms with Crippen LogP contribution in [0.2, 0.25) is 0 Å². The molecule has 0 saturated carbocycles. The Morgan fingerprint density at radius 1 is 1.40 bits per heavy atom. The van der Waals surface area contributed by atoms with E-state index in [0.717, 1.165) is 10.5 Å². The van der Waals surface area contributed by atoms with Crippen molar-refractivity contribution in [3.63, 3.8) is 0 Å². The van der Waals surface area contributed by atoms with Crippen LogP contribution in [0.4, 0.5) is 4.79 Å². The highest BCUT2D eigenvalue weighted by molar-refractivity contribution is 5.67. The highest BCUT2D eigenvalue weighted by atomic mass is 16.5. The fraction of sp³-hybridized carbons (Fsp3) is 0.467. The molecule has 0 radical (unpaired) electrons. The zero-order valence-electron chi connectivity index (χ0n) is 12.0. The van der Waals surface area contributed by atoms with Gasteiger partial charge in [0.05, 0.1) is 19.3 Å². The fourth-order valence-corrected chi connectivity index (χ4v) is 1.92. The van der Waals surface area contributed by atoms with Gasteiger partial charge in [0.25, 0.3) is 0 Å². The quantitative estimate of drug-likeness (QED) is 0.897. The van der Waals surface area contributed by atoms with Gasteiger partial charge in [0.2, 0.25) is 0 Å². The fourth-order valence-electron chi connectivity index (χ4n) is 1.92. The number of ether oxygens (including phenoxy) is 1. The van der Waals surface area contributed by atoms with Crippen molar-refractivity contribution in [2.75, 3.05) is 6.61 Å². The summed E-state index contributed by atoms with van der Waals surface area (Å²) in [5.74, 6) is 0. The summed E-state index contributed by atoms with van der Waals surface area (Å²) in [7, 11) is 0. The lowest BCUT2D eigenvalue weighted by molar-refractivity contribution is 0.0336. The van der Waals surface area contributed by atoms with Crippen molar-refractivity contribution in [2.24, 2.45) is 0 Å². The largest absolute Gasteiger partial charge is 0.465 e. The maximum absolute atomic E-state index is 11.3. The molecular weight excluding hydrogens is 256 g/mol. The molecule has 1 aromatic rings. The summed E-state index contributed by atoms with van der Waals surface area (Å²) in [5, 5.41) is 18.4. The van der Waals surface area contributed by atoms with Crippen molar-refractivity contribution < 1.29 is 14.6 Å².